The van der Waals surface area contributed by atoms with Crippen molar-refractivity contribution in [1.82, 2.24) is 0 Å². The molecule has 0 aliphatic carbocycles. The largest absolute Gasteiger partial charge is 0.491 e. The minimum Gasteiger partial charge on any atom is -0.491 e. The van der Waals surface area contributed by atoms with E-state index in [1.165, 1.54) is 21.1 Å². The number of hydrogen-bond acceptors (Lipinski definition) is 3. The summed E-state index contributed by atoms with van der Waals surface area (Å²) in [5.74, 6) is -1.08. The molecule has 15 heavy (non-hydrogen) atoms. The predicted octanol–water partition coefficient (Wildman–Crippen LogP) is 2.70. The van der Waals surface area contributed by atoms with Crippen LogP contribution in [0.1, 0.15) is 17.3 Å². The molecule has 0 unspecified atom stereocenters. The standard InChI is InChI=1S/C10H10ClFO3/c1-5(13)6-4-7(12)9(14-2)10(15-3)8(6)11/h4H,1-3H3. The maximum Gasteiger partial charge on any atom is 0.198 e. The molecule has 0 saturated carbocycles. The Kier molecular flexibility index (Phi) is 3.52. The Hall–Kier alpha value is -1.29. The molecular formula is C10H10ClFO3. The molecule has 5 heteroatoms. The highest BCUT2D eigenvalue weighted by atomic mass is 35.5. The second-order valence-corrected chi connectivity index (χ2v) is 3.22. The van der Waals surface area contributed by atoms with Crippen LogP contribution in [0.15, 0.2) is 6.07 Å². The third-order valence-corrected chi connectivity index (χ3v) is 2.29. The number of carbonyl (C=O) groups excluding carboxylic acids is 1. The number of hydrogen-bond donors (Lipinski definition) is 0. The highest BCUT2D eigenvalue weighted by Gasteiger charge is 2.20. The zero-order valence-corrected chi connectivity index (χ0v) is 9.31. The van der Waals surface area contributed by atoms with E-state index in [9.17, 15) is 9.18 Å². The zero-order chi connectivity index (χ0) is 11.6. The molecule has 1 aromatic rings. The van der Waals surface area contributed by atoms with Crippen LogP contribution < -0.4 is 9.47 Å². The normalized spacial score (nSPS) is 9.93. The van der Waals surface area contributed by atoms with Crippen molar-refractivity contribution in [3.05, 3.63) is 22.5 Å². The van der Waals surface area contributed by atoms with Gasteiger partial charge in [-0.3, -0.25) is 4.79 Å². The van der Waals surface area contributed by atoms with Crippen molar-refractivity contribution in [1.29, 1.82) is 0 Å². The number of methoxy groups -OCH3 is 2. The number of halogens is 2. The van der Waals surface area contributed by atoms with Crippen molar-refractivity contribution in [2.24, 2.45) is 0 Å². The smallest absolute Gasteiger partial charge is 0.198 e. The number of ketones is 1. The monoisotopic (exact) mass is 232 g/mol. The van der Waals surface area contributed by atoms with E-state index in [2.05, 4.69) is 0 Å². The molecule has 0 aliphatic heterocycles. The zero-order valence-electron chi connectivity index (χ0n) is 8.56. The molecule has 0 aliphatic rings. The summed E-state index contributed by atoms with van der Waals surface area (Å²) in [6.45, 7) is 1.30. The fraction of sp³-hybridized carbons (Fsp3) is 0.300. The first kappa shape index (κ1) is 11.8. The molecule has 82 valence electrons. The van der Waals surface area contributed by atoms with Gasteiger partial charge in [0.25, 0.3) is 0 Å². The molecule has 1 aromatic carbocycles. The summed E-state index contributed by atoms with van der Waals surface area (Å²) >= 11 is 5.87. The van der Waals surface area contributed by atoms with Crippen LogP contribution in [0.25, 0.3) is 0 Å². The Labute approximate surface area is 91.7 Å². The van der Waals surface area contributed by atoms with Gasteiger partial charge in [0.15, 0.2) is 23.1 Å². The molecule has 1 rings (SSSR count). The highest BCUT2D eigenvalue weighted by molar-refractivity contribution is 6.35. The van der Waals surface area contributed by atoms with Gasteiger partial charge in [-0.1, -0.05) is 11.6 Å². The Bertz CT molecular complexity index is 404. The lowest BCUT2D eigenvalue weighted by atomic mass is 10.1. The number of Topliss-reactive ketones (excluding diaryl/α,β-unsaturated/α-hetero) is 1. The second kappa shape index (κ2) is 4.49. The van der Waals surface area contributed by atoms with E-state index in [0.29, 0.717) is 0 Å². The molecule has 0 fully saturated rings. The van der Waals surface area contributed by atoms with Crippen molar-refractivity contribution >= 4 is 17.4 Å². The molecule has 0 heterocycles. The molecule has 3 nitrogen and oxygen atoms in total. The van der Waals surface area contributed by atoms with Crippen LogP contribution in [0.3, 0.4) is 0 Å². The average molecular weight is 233 g/mol. The Morgan fingerprint density at radius 2 is 1.87 bits per heavy atom. The Balaban J connectivity index is 3.51. The first-order valence-electron chi connectivity index (χ1n) is 4.13. The van der Waals surface area contributed by atoms with Crippen LogP contribution in [0.5, 0.6) is 11.5 Å². The minimum atomic E-state index is -0.677. The van der Waals surface area contributed by atoms with Gasteiger partial charge in [-0.2, -0.15) is 0 Å². The van der Waals surface area contributed by atoms with E-state index < -0.39 is 5.82 Å². The Morgan fingerprint density at radius 3 is 2.27 bits per heavy atom. The van der Waals surface area contributed by atoms with Gasteiger partial charge in [0.1, 0.15) is 0 Å². The molecule has 0 bridgehead atoms. The van der Waals surface area contributed by atoms with E-state index in [0.717, 1.165) is 6.07 Å². The summed E-state index contributed by atoms with van der Waals surface area (Å²) < 4.78 is 23.1. The first-order valence-corrected chi connectivity index (χ1v) is 4.51. The number of rotatable bonds is 3. The van der Waals surface area contributed by atoms with Crippen molar-refractivity contribution in [3.63, 3.8) is 0 Å². The molecule has 0 aromatic heterocycles. The lowest BCUT2D eigenvalue weighted by Crippen LogP contribution is -2.01. The van der Waals surface area contributed by atoms with Gasteiger partial charge in [0, 0.05) is 5.56 Å². The maximum atomic E-state index is 13.4. The molecule has 0 radical (unpaired) electrons. The lowest BCUT2D eigenvalue weighted by molar-refractivity contribution is 0.101. The van der Waals surface area contributed by atoms with Crippen LogP contribution in [0.2, 0.25) is 5.02 Å². The average Bonchev–Trinajstić information content (AvgIpc) is 2.19. The van der Waals surface area contributed by atoms with Crippen molar-refractivity contribution < 1.29 is 18.7 Å². The lowest BCUT2D eigenvalue weighted by Gasteiger charge is -2.12. The summed E-state index contributed by atoms with van der Waals surface area (Å²) in [5.41, 5.74) is 0.0758. The van der Waals surface area contributed by atoms with Crippen LogP contribution in [-0.4, -0.2) is 20.0 Å². The topological polar surface area (TPSA) is 35.5 Å². The van der Waals surface area contributed by atoms with Gasteiger partial charge in [-0.05, 0) is 13.0 Å². The molecule has 0 atom stereocenters. The van der Waals surface area contributed by atoms with Crippen molar-refractivity contribution in [2.45, 2.75) is 6.92 Å². The van der Waals surface area contributed by atoms with Gasteiger partial charge < -0.3 is 9.47 Å². The minimum absolute atomic E-state index is 0.0318. The van der Waals surface area contributed by atoms with Crippen LogP contribution in [-0.2, 0) is 0 Å². The van der Waals surface area contributed by atoms with Gasteiger partial charge in [0.05, 0.1) is 19.2 Å². The molecule has 0 saturated heterocycles. The number of carbonyl (C=O) groups is 1. The highest BCUT2D eigenvalue weighted by Crippen LogP contribution is 2.39. The summed E-state index contributed by atoms with van der Waals surface area (Å²) in [6, 6.07) is 1.03. The van der Waals surface area contributed by atoms with Crippen molar-refractivity contribution in [2.75, 3.05) is 14.2 Å². The predicted molar refractivity (Wildman–Crippen MR) is 54.5 cm³/mol. The van der Waals surface area contributed by atoms with E-state index in [-0.39, 0.29) is 27.9 Å². The summed E-state index contributed by atoms with van der Waals surface area (Å²) in [7, 11) is 2.62. The molecular weight excluding hydrogens is 223 g/mol. The first-order chi connectivity index (χ1) is 7.02. The quantitative estimate of drug-likeness (QED) is 0.752. The van der Waals surface area contributed by atoms with Crippen molar-refractivity contribution in [3.8, 4) is 11.5 Å². The Morgan fingerprint density at radius 1 is 1.33 bits per heavy atom. The third kappa shape index (κ3) is 2.04. The van der Waals surface area contributed by atoms with E-state index in [1.807, 2.05) is 0 Å². The van der Waals surface area contributed by atoms with Crippen LogP contribution in [0, 0.1) is 5.82 Å². The summed E-state index contributed by atoms with van der Waals surface area (Å²) in [4.78, 5) is 11.1. The fourth-order valence-electron chi connectivity index (χ4n) is 1.21. The molecule has 0 amide bonds. The van der Waals surface area contributed by atoms with Crippen LogP contribution in [0.4, 0.5) is 4.39 Å². The van der Waals surface area contributed by atoms with E-state index >= 15 is 0 Å². The summed E-state index contributed by atoms with van der Waals surface area (Å²) in [6.07, 6.45) is 0. The van der Waals surface area contributed by atoms with Gasteiger partial charge in [0.2, 0.25) is 0 Å². The molecule has 0 N–H and O–H groups in total. The molecule has 0 spiro atoms. The van der Waals surface area contributed by atoms with Gasteiger partial charge >= 0.3 is 0 Å². The summed E-state index contributed by atoms with van der Waals surface area (Å²) in [5, 5.41) is 0.0586. The number of benzene rings is 1. The van der Waals surface area contributed by atoms with Gasteiger partial charge in [-0.15, -0.1) is 0 Å². The van der Waals surface area contributed by atoms with Gasteiger partial charge in [-0.25, -0.2) is 4.39 Å². The maximum absolute atomic E-state index is 13.4. The third-order valence-electron chi connectivity index (χ3n) is 1.92. The second-order valence-electron chi connectivity index (χ2n) is 2.84. The van der Waals surface area contributed by atoms with E-state index in [4.69, 9.17) is 21.1 Å². The van der Waals surface area contributed by atoms with Crippen LogP contribution >= 0.6 is 11.6 Å². The van der Waals surface area contributed by atoms with E-state index in [1.54, 1.807) is 0 Å². The number of ether oxygens (including phenoxy) is 2. The SMILES string of the molecule is COc1c(F)cc(C(C)=O)c(Cl)c1OC. The fourth-order valence-corrected chi connectivity index (χ4v) is 1.57.